The number of hydrogen-bond acceptors (Lipinski definition) is 6. The van der Waals surface area contributed by atoms with Gasteiger partial charge in [-0.3, -0.25) is 14.5 Å². The Labute approximate surface area is 117 Å². The van der Waals surface area contributed by atoms with Gasteiger partial charge in [0.15, 0.2) is 5.65 Å². The highest BCUT2D eigenvalue weighted by atomic mass is 32.2. The fourth-order valence-corrected chi connectivity index (χ4v) is 2.77. The van der Waals surface area contributed by atoms with Gasteiger partial charge < -0.3 is 5.73 Å². The van der Waals surface area contributed by atoms with E-state index in [-0.39, 0.29) is 11.4 Å². The van der Waals surface area contributed by atoms with Gasteiger partial charge in [0, 0.05) is 6.20 Å². The third-order valence-electron chi connectivity index (χ3n) is 2.70. The molecule has 3 rings (SSSR count). The fourth-order valence-electron chi connectivity index (χ4n) is 1.80. The topological polar surface area (TPSA) is 99.3 Å². The number of nitrogens with zero attached hydrogens (tertiary/aromatic N) is 4. The van der Waals surface area contributed by atoms with Crippen LogP contribution >= 0.6 is 11.8 Å². The Kier molecular flexibility index (Phi) is 2.99. The summed E-state index contributed by atoms with van der Waals surface area (Å²) in [5.41, 5.74) is 6.37. The van der Waals surface area contributed by atoms with E-state index >= 15 is 0 Å². The van der Waals surface area contributed by atoms with Gasteiger partial charge in [0.05, 0.1) is 9.82 Å². The Bertz CT molecular complexity index is 801. The lowest BCUT2D eigenvalue weighted by Gasteiger charge is -2.03. The molecule has 0 amide bonds. The largest absolute Gasteiger partial charge is 0.393 e. The van der Waals surface area contributed by atoms with Crippen LogP contribution in [0.3, 0.4) is 0 Å². The molecule has 3 aromatic rings. The van der Waals surface area contributed by atoms with Crippen LogP contribution in [0.5, 0.6) is 0 Å². The normalized spacial score (nSPS) is 10.8. The van der Waals surface area contributed by atoms with Gasteiger partial charge in [-0.2, -0.15) is 0 Å². The monoisotopic (exact) mass is 287 g/mol. The van der Waals surface area contributed by atoms with Gasteiger partial charge in [0.2, 0.25) is 5.16 Å². The maximum atomic E-state index is 11.1. The van der Waals surface area contributed by atoms with Crippen LogP contribution in [0.15, 0.2) is 52.6 Å². The molecule has 0 fully saturated rings. The first-order chi connectivity index (χ1) is 9.66. The molecule has 0 aliphatic heterocycles. The van der Waals surface area contributed by atoms with Crippen molar-refractivity contribution in [3.05, 3.63) is 52.7 Å². The first-order valence-corrected chi connectivity index (χ1v) is 6.49. The zero-order valence-electron chi connectivity index (χ0n) is 10.1. The zero-order chi connectivity index (χ0) is 14.1. The molecule has 0 radical (unpaired) electrons. The first-order valence-electron chi connectivity index (χ1n) is 5.67. The molecule has 1 aromatic carbocycles. The molecule has 2 heterocycles. The van der Waals surface area contributed by atoms with E-state index in [0.717, 1.165) is 11.8 Å². The van der Waals surface area contributed by atoms with Crippen molar-refractivity contribution in [3.8, 4) is 0 Å². The van der Waals surface area contributed by atoms with Crippen molar-refractivity contribution < 1.29 is 4.92 Å². The molecule has 0 spiro atoms. The molecule has 0 aliphatic rings. The third kappa shape index (κ3) is 2.05. The Balaban J connectivity index is 2.08. The van der Waals surface area contributed by atoms with Crippen molar-refractivity contribution in [1.82, 2.24) is 14.6 Å². The lowest BCUT2D eigenvalue weighted by molar-refractivity contribution is -0.386. The molecule has 0 bridgehead atoms. The highest BCUT2D eigenvalue weighted by Gasteiger charge is 2.20. The molecule has 20 heavy (non-hydrogen) atoms. The second-order valence-corrected chi connectivity index (χ2v) is 4.97. The molecule has 0 saturated heterocycles. The SMILES string of the molecule is Nc1cccc(Sc2nnc3ccccn23)c1[N+](=O)[O-]. The molecule has 0 unspecified atom stereocenters. The van der Waals surface area contributed by atoms with E-state index in [0.29, 0.717) is 15.7 Å². The van der Waals surface area contributed by atoms with E-state index in [4.69, 9.17) is 5.73 Å². The summed E-state index contributed by atoms with van der Waals surface area (Å²) in [6.07, 6.45) is 1.80. The van der Waals surface area contributed by atoms with Gasteiger partial charge in [-0.25, -0.2) is 0 Å². The first kappa shape index (κ1) is 12.4. The Morgan fingerprint density at radius 2 is 2.05 bits per heavy atom. The second-order valence-electron chi connectivity index (χ2n) is 3.96. The number of nitro groups is 1. The van der Waals surface area contributed by atoms with Crippen LogP contribution in [0, 0.1) is 10.1 Å². The Morgan fingerprint density at radius 3 is 2.85 bits per heavy atom. The minimum Gasteiger partial charge on any atom is -0.393 e. The number of aromatic nitrogens is 3. The van der Waals surface area contributed by atoms with E-state index in [1.165, 1.54) is 6.07 Å². The van der Waals surface area contributed by atoms with Crippen LogP contribution in [0.2, 0.25) is 0 Å². The van der Waals surface area contributed by atoms with Crippen LogP contribution in [0.1, 0.15) is 0 Å². The van der Waals surface area contributed by atoms with E-state index < -0.39 is 4.92 Å². The average molecular weight is 287 g/mol. The van der Waals surface area contributed by atoms with Gasteiger partial charge >= 0.3 is 5.69 Å². The number of nitrogens with two attached hydrogens (primary N) is 1. The minimum absolute atomic E-state index is 0.106. The number of hydrogen-bond donors (Lipinski definition) is 1. The third-order valence-corrected chi connectivity index (χ3v) is 3.71. The van der Waals surface area contributed by atoms with Crippen molar-refractivity contribution in [3.63, 3.8) is 0 Å². The summed E-state index contributed by atoms with van der Waals surface area (Å²) in [5, 5.41) is 19.7. The van der Waals surface area contributed by atoms with E-state index in [2.05, 4.69) is 10.2 Å². The van der Waals surface area contributed by atoms with Crippen LogP contribution in [-0.4, -0.2) is 19.5 Å². The van der Waals surface area contributed by atoms with E-state index in [1.54, 1.807) is 22.7 Å². The quantitative estimate of drug-likeness (QED) is 0.451. The summed E-state index contributed by atoms with van der Waals surface area (Å²) in [6, 6.07) is 10.3. The summed E-state index contributed by atoms with van der Waals surface area (Å²) < 4.78 is 1.76. The number of rotatable bonds is 3. The molecular formula is C12H9N5O2S. The van der Waals surface area contributed by atoms with Gasteiger partial charge in [0.25, 0.3) is 0 Å². The van der Waals surface area contributed by atoms with Crippen LogP contribution in [0.4, 0.5) is 11.4 Å². The summed E-state index contributed by atoms with van der Waals surface area (Å²) in [4.78, 5) is 11.1. The summed E-state index contributed by atoms with van der Waals surface area (Å²) in [7, 11) is 0. The highest BCUT2D eigenvalue weighted by molar-refractivity contribution is 7.99. The number of anilines is 1. The number of fused-ring (bicyclic) bond motifs is 1. The van der Waals surface area contributed by atoms with E-state index in [1.807, 2.05) is 18.2 Å². The smallest absolute Gasteiger partial charge is 0.306 e. The summed E-state index contributed by atoms with van der Waals surface area (Å²) >= 11 is 1.16. The van der Waals surface area contributed by atoms with Crippen molar-refractivity contribution in [2.75, 3.05) is 5.73 Å². The molecule has 100 valence electrons. The maximum Gasteiger partial charge on any atom is 0.306 e. The number of pyridine rings is 1. The van der Waals surface area contributed by atoms with Crippen molar-refractivity contribution in [2.24, 2.45) is 0 Å². The lowest BCUT2D eigenvalue weighted by atomic mass is 10.3. The summed E-state index contributed by atoms with van der Waals surface area (Å²) in [5.74, 6) is 0. The molecule has 7 nitrogen and oxygen atoms in total. The molecular weight excluding hydrogens is 278 g/mol. The molecule has 0 aliphatic carbocycles. The van der Waals surface area contributed by atoms with Crippen molar-refractivity contribution in [2.45, 2.75) is 10.1 Å². The minimum atomic E-state index is -0.485. The predicted octanol–water partition coefficient (Wildman–Crippen LogP) is 2.37. The molecule has 2 N–H and O–H groups in total. The lowest BCUT2D eigenvalue weighted by Crippen LogP contribution is -1.97. The van der Waals surface area contributed by atoms with E-state index in [9.17, 15) is 10.1 Å². The molecule has 8 heteroatoms. The number of nitro benzene ring substituents is 1. The van der Waals surface area contributed by atoms with Crippen molar-refractivity contribution in [1.29, 1.82) is 0 Å². The van der Waals surface area contributed by atoms with Gasteiger partial charge in [0.1, 0.15) is 5.69 Å². The zero-order valence-corrected chi connectivity index (χ0v) is 10.9. The van der Waals surface area contributed by atoms with Gasteiger partial charge in [-0.05, 0) is 36.0 Å². The Morgan fingerprint density at radius 1 is 1.20 bits per heavy atom. The average Bonchev–Trinajstić information content (AvgIpc) is 2.82. The maximum absolute atomic E-state index is 11.1. The predicted molar refractivity (Wildman–Crippen MR) is 74.6 cm³/mol. The standard InChI is InChI=1S/C12H9N5O2S/c13-8-4-3-5-9(11(8)17(18)19)20-12-15-14-10-6-1-2-7-16(10)12/h1-7H,13H2. The number of para-hydroxylation sites is 1. The number of nitrogen functional groups attached to an aromatic ring is 1. The highest BCUT2D eigenvalue weighted by Crippen LogP contribution is 2.37. The Hall–Kier alpha value is -2.61. The van der Waals surface area contributed by atoms with Gasteiger partial charge in [-0.1, -0.05) is 12.1 Å². The summed E-state index contributed by atoms with van der Waals surface area (Å²) in [6.45, 7) is 0. The molecule has 2 aromatic heterocycles. The molecule has 0 atom stereocenters. The number of benzene rings is 1. The van der Waals surface area contributed by atoms with Crippen LogP contribution < -0.4 is 5.73 Å². The molecule has 0 saturated carbocycles. The van der Waals surface area contributed by atoms with Gasteiger partial charge in [-0.15, -0.1) is 10.2 Å². The van der Waals surface area contributed by atoms with Crippen LogP contribution in [-0.2, 0) is 0 Å². The second kappa shape index (κ2) is 4.82. The van der Waals surface area contributed by atoms with Crippen molar-refractivity contribution >= 4 is 28.8 Å². The fraction of sp³-hybridized carbons (Fsp3) is 0. The van der Waals surface area contributed by atoms with Crippen LogP contribution in [0.25, 0.3) is 5.65 Å².